The smallest absolute Gasteiger partial charge is 0.328 e. The van der Waals surface area contributed by atoms with Gasteiger partial charge in [-0.15, -0.1) is 0 Å². The lowest BCUT2D eigenvalue weighted by Gasteiger charge is -2.24. The second kappa shape index (κ2) is 10.7. The van der Waals surface area contributed by atoms with Gasteiger partial charge in [0, 0.05) is 12.5 Å². The van der Waals surface area contributed by atoms with Crippen LogP contribution in [-0.2, 0) is 14.6 Å². The monoisotopic (exact) mass is 364 g/mol. The minimum Gasteiger partial charge on any atom is -0.478 e. The van der Waals surface area contributed by atoms with Crippen molar-refractivity contribution in [2.24, 2.45) is 5.92 Å². The summed E-state index contributed by atoms with van der Waals surface area (Å²) >= 11 is 0. The van der Waals surface area contributed by atoms with E-state index in [0.29, 0.717) is 18.8 Å². The lowest BCUT2D eigenvalue weighted by atomic mass is 9.81. The molecule has 0 aromatic rings. The van der Waals surface area contributed by atoms with Gasteiger partial charge in [-0.2, -0.15) is 0 Å². The van der Waals surface area contributed by atoms with Crippen LogP contribution in [0.1, 0.15) is 79.6 Å². The molecule has 0 unspecified atom stereocenters. The number of hydrogen-bond acceptors (Lipinski definition) is 3. The van der Waals surface area contributed by atoms with Gasteiger partial charge in [0.1, 0.15) is 11.2 Å². The second-order valence-electron chi connectivity index (χ2n) is 7.22. The average molecular weight is 365 g/mol. The van der Waals surface area contributed by atoms with E-state index in [-0.39, 0.29) is 0 Å². The van der Waals surface area contributed by atoms with Crippen molar-refractivity contribution in [3.8, 4) is 0 Å². The molecule has 0 saturated carbocycles. The van der Waals surface area contributed by atoms with Gasteiger partial charge >= 0.3 is 5.97 Å². The number of carboxylic acid groups (broad SMARTS) is 1. The van der Waals surface area contributed by atoms with Gasteiger partial charge in [0.05, 0.1) is 0 Å². The Morgan fingerprint density at radius 1 is 1.12 bits per heavy atom. The van der Waals surface area contributed by atoms with Crippen molar-refractivity contribution in [2.45, 2.75) is 90.8 Å². The molecule has 1 aliphatic heterocycles. The fourth-order valence-corrected chi connectivity index (χ4v) is 3.40. The third kappa shape index (κ3) is 6.40. The third-order valence-electron chi connectivity index (χ3n) is 5.31. The van der Waals surface area contributed by atoms with E-state index >= 15 is 0 Å². The molecule has 4 nitrogen and oxygen atoms in total. The molecule has 0 aromatic carbocycles. The molecule has 1 saturated heterocycles. The lowest BCUT2D eigenvalue weighted by Crippen LogP contribution is -2.30. The zero-order chi connectivity index (χ0) is 19.6. The van der Waals surface area contributed by atoms with Crippen molar-refractivity contribution in [3.05, 3.63) is 36.0 Å². The summed E-state index contributed by atoms with van der Waals surface area (Å²) in [6.07, 6.45) is 15.9. The lowest BCUT2D eigenvalue weighted by molar-refractivity contribution is -0.333. The van der Waals surface area contributed by atoms with Gasteiger partial charge in [0.2, 0.25) is 0 Å². The Kier molecular flexibility index (Phi) is 9.31. The summed E-state index contributed by atoms with van der Waals surface area (Å²) in [6, 6.07) is 0. The van der Waals surface area contributed by atoms with E-state index in [1.807, 2.05) is 6.92 Å². The summed E-state index contributed by atoms with van der Waals surface area (Å²) in [5.41, 5.74) is 0.213. The number of allylic oxidation sites excluding steroid dienone is 3. The normalized spacial score (nSPS) is 28.3. The van der Waals surface area contributed by atoms with E-state index in [1.165, 1.54) is 5.57 Å². The number of carboxylic acids is 1. The van der Waals surface area contributed by atoms with Gasteiger partial charge in [-0.3, -0.25) is 0 Å². The fourth-order valence-electron chi connectivity index (χ4n) is 3.40. The van der Waals surface area contributed by atoms with Gasteiger partial charge in [0.25, 0.3) is 0 Å². The van der Waals surface area contributed by atoms with Crippen molar-refractivity contribution in [1.29, 1.82) is 0 Å². The SMILES string of the molecule is CCC=C[C@H](CC)CC(=C[C@]1(CC)C[C@@](C=CC(=O)O)(CC)OO1)CC. The van der Waals surface area contributed by atoms with Gasteiger partial charge in [0.15, 0.2) is 0 Å². The average Bonchev–Trinajstić information content (AvgIpc) is 3.02. The maximum atomic E-state index is 10.9. The Morgan fingerprint density at radius 2 is 1.77 bits per heavy atom. The molecule has 0 spiro atoms. The first kappa shape index (κ1) is 22.7. The molecular weight excluding hydrogens is 328 g/mol. The molecule has 3 atom stereocenters. The first-order chi connectivity index (χ1) is 12.4. The number of rotatable bonds is 11. The van der Waals surface area contributed by atoms with E-state index in [0.717, 1.165) is 38.2 Å². The predicted molar refractivity (Wildman–Crippen MR) is 106 cm³/mol. The van der Waals surface area contributed by atoms with Gasteiger partial charge in [-0.1, -0.05) is 58.4 Å². The van der Waals surface area contributed by atoms with Crippen LogP contribution in [0.5, 0.6) is 0 Å². The quantitative estimate of drug-likeness (QED) is 0.278. The van der Waals surface area contributed by atoms with Crippen LogP contribution in [0.2, 0.25) is 0 Å². The standard InChI is InChI=1S/C22H36O4/c1-6-11-12-18(7-2)15-19(8-3)16-22(10-5)17-21(9-4,25-26-22)14-13-20(23)24/h11-14,16,18H,6-10,15,17H2,1-5H3,(H,23,24)/t18-,21-,22+/m0/s1. The Morgan fingerprint density at radius 3 is 2.27 bits per heavy atom. The van der Waals surface area contributed by atoms with Crippen molar-refractivity contribution < 1.29 is 19.7 Å². The van der Waals surface area contributed by atoms with Crippen LogP contribution in [0.4, 0.5) is 0 Å². The van der Waals surface area contributed by atoms with Crippen molar-refractivity contribution in [1.82, 2.24) is 0 Å². The molecule has 1 rings (SSSR count). The first-order valence-electron chi connectivity index (χ1n) is 10.0. The van der Waals surface area contributed by atoms with Gasteiger partial charge in [-0.25, -0.2) is 14.6 Å². The maximum absolute atomic E-state index is 10.9. The van der Waals surface area contributed by atoms with Crippen LogP contribution < -0.4 is 0 Å². The Bertz CT molecular complexity index is 534. The van der Waals surface area contributed by atoms with E-state index in [1.54, 1.807) is 6.08 Å². The number of aliphatic carboxylic acids is 1. The molecule has 26 heavy (non-hydrogen) atoms. The van der Waals surface area contributed by atoms with Crippen LogP contribution in [0.25, 0.3) is 0 Å². The molecule has 0 radical (unpaired) electrons. The zero-order valence-corrected chi connectivity index (χ0v) is 17.1. The molecule has 1 aliphatic rings. The summed E-state index contributed by atoms with van der Waals surface area (Å²) in [6.45, 7) is 10.6. The van der Waals surface area contributed by atoms with Crippen LogP contribution in [0, 0.1) is 5.92 Å². The molecule has 0 aromatic heterocycles. The highest BCUT2D eigenvalue weighted by Gasteiger charge is 2.47. The third-order valence-corrected chi connectivity index (χ3v) is 5.31. The highest BCUT2D eigenvalue weighted by molar-refractivity contribution is 5.79. The zero-order valence-electron chi connectivity index (χ0n) is 17.1. The van der Waals surface area contributed by atoms with E-state index < -0.39 is 17.2 Å². The minimum atomic E-state index is -0.964. The van der Waals surface area contributed by atoms with Gasteiger partial charge < -0.3 is 5.11 Å². The van der Waals surface area contributed by atoms with E-state index in [2.05, 4.69) is 45.9 Å². The molecule has 0 aliphatic carbocycles. The highest BCUT2D eigenvalue weighted by Crippen LogP contribution is 2.43. The summed E-state index contributed by atoms with van der Waals surface area (Å²) in [7, 11) is 0. The van der Waals surface area contributed by atoms with Crippen molar-refractivity contribution in [3.63, 3.8) is 0 Å². The minimum absolute atomic E-state index is 0.489. The largest absolute Gasteiger partial charge is 0.478 e. The van der Waals surface area contributed by atoms with Crippen LogP contribution in [0.3, 0.4) is 0 Å². The molecular formula is C22H36O4. The molecule has 148 valence electrons. The topological polar surface area (TPSA) is 55.8 Å². The molecule has 1 N–H and O–H groups in total. The summed E-state index contributed by atoms with van der Waals surface area (Å²) in [5, 5.41) is 8.95. The van der Waals surface area contributed by atoms with Crippen LogP contribution in [-0.4, -0.2) is 22.3 Å². The highest BCUT2D eigenvalue weighted by atomic mass is 17.2. The molecule has 4 heteroatoms. The fraction of sp³-hybridized carbons (Fsp3) is 0.682. The number of carbonyl (C=O) groups is 1. The molecule has 0 amide bonds. The Hall–Kier alpha value is -1.39. The van der Waals surface area contributed by atoms with Crippen LogP contribution in [0.15, 0.2) is 36.0 Å². The Balaban J connectivity index is 3.02. The van der Waals surface area contributed by atoms with Gasteiger partial charge in [-0.05, 0) is 50.5 Å². The molecule has 1 fully saturated rings. The van der Waals surface area contributed by atoms with Crippen LogP contribution >= 0.6 is 0 Å². The molecule has 1 heterocycles. The number of hydrogen-bond donors (Lipinski definition) is 1. The van der Waals surface area contributed by atoms with E-state index in [4.69, 9.17) is 14.9 Å². The second-order valence-corrected chi connectivity index (χ2v) is 7.22. The molecule has 0 bridgehead atoms. The Labute approximate surface area is 158 Å². The van der Waals surface area contributed by atoms with Crippen molar-refractivity contribution >= 4 is 5.97 Å². The van der Waals surface area contributed by atoms with Crippen molar-refractivity contribution in [2.75, 3.05) is 0 Å². The maximum Gasteiger partial charge on any atom is 0.328 e. The summed E-state index contributed by atoms with van der Waals surface area (Å²) in [5.74, 6) is -0.422. The van der Waals surface area contributed by atoms with E-state index in [9.17, 15) is 4.79 Å². The summed E-state index contributed by atoms with van der Waals surface area (Å²) < 4.78 is 0. The predicted octanol–water partition coefficient (Wildman–Crippen LogP) is 6.00. The first-order valence-corrected chi connectivity index (χ1v) is 10.0. The summed E-state index contributed by atoms with van der Waals surface area (Å²) in [4.78, 5) is 22.4.